The van der Waals surface area contributed by atoms with Gasteiger partial charge >= 0.3 is 0 Å². The Balaban J connectivity index is 3.57. The first-order valence-electron chi connectivity index (χ1n) is 4.13. The normalized spacial score (nSPS) is 12.7. The minimum atomic E-state index is -3.38. The summed E-state index contributed by atoms with van der Waals surface area (Å²) in [5.74, 6) is 0. The predicted molar refractivity (Wildman–Crippen MR) is 57.4 cm³/mol. The third-order valence-electron chi connectivity index (χ3n) is 1.99. The van der Waals surface area contributed by atoms with Crippen molar-refractivity contribution in [3.8, 4) is 0 Å². The van der Waals surface area contributed by atoms with E-state index in [4.69, 9.17) is 0 Å². The Bertz CT molecular complexity index is 583. The molecule has 0 atom stereocenters. The van der Waals surface area contributed by atoms with Crippen molar-refractivity contribution in [2.24, 2.45) is 0 Å². The third kappa shape index (κ3) is 2.79. The zero-order chi connectivity index (χ0) is 11.9. The monoisotopic (exact) mass is 248 g/mol. The number of aryl methyl sites for hydroxylation is 1. The van der Waals surface area contributed by atoms with E-state index >= 15 is 0 Å². The van der Waals surface area contributed by atoms with Gasteiger partial charge in [0.25, 0.3) is 0 Å². The molecule has 1 aromatic carbocycles. The quantitative estimate of drug-likeness (QED) is 0.776. The molecule has 0 aliphatic rings. The van der Waals surface area contributed by atoms with E-state index in [1.807, 2.05) is 0 Å². The Hall–Kier alpha value is -0.880. The summed E-state index contributed by atoms with van der Waals surface area (Å²) in [7, 11) is -6.75. The van der Waals surface area contributed by atoms with E-state index in [1.54, 1.807) is 6.92 Å². The fourth-order valence-corrected chi connectivity index (χ4v) is 2.93. The third-order valence-corrected chi connectivity index (χ3v) is 4.34. The van der Waals surface area contributed by atoms with E-state index in [-0.39, 0.29) is 9.79 Å². The Labute approximate surface area is 89.8 Å². The van der Waals surface area contributed by atoms with E-state index in [9.17, 15) is 16.8 Å². The summed E-state index contributed by atoms with van der Waals surface area (Å²) in [5.41, 5.74) is 0.546. The highest BCUT2D eigenvalue weighted by molar-refractivity contribution is 7.91. The second kappa shape index (κ2) is 3.61. The number of benzene rings is 1. The van der Waals surface area contributed by atoms with Gasteiger partial charge in [0.15, 0.2) is 19.7 Å². The molecule has 0 saturated carbocycles. The van der Waals surface area contributed by atoms with Crippen molar-refractivity contribution in [3.63, 3.8) is 0 Å². The molecular formula is C9H12O4S2. The lowest BCUT2D eigenvalue weighted by Gasteiger charge is -2.05. The average Bonchev–Trinajstić information content (AvgIpc) is 2.00. The minimum Gasteiger partial charge on any atom is -0.224 e. The molecule has 0 N–H and O–H groups in total. The van der Waals surface area contributed by atoms with Crippen molar-refractivity contribution in [3.05, 3.63) is 23.8 Å². The van der Waals surface area contributed by atoms with Crippen LogP contribution in [0.2, 0.25) is 0 Å². The molecule has 0 heterocycles. The Morgan fingerprint density at radius 2 is 1.47 bits per heavy atom. The van der Waals surface area contributed by atoms with Crippen LogP contribution >= 0.6 is 0 Å². The summed E-state index contributed by atoms with van der Waals surface area (Å²) in [6.07, 6.45) is 2.10. The van der Waals surface area contributed by atoms with Crippen molar-refractivity contribution in [2.75, 3.05) is 12.5 Å². The number of sulfone groups is 2. The van der Waals surface area contributed by atoms with Gasteiger partial charge in [-0.3, -0.25) is 0 Å². The molecule has 6 heteroatoms. The Morgan fingerprint density at radius 3 is 1.87 bits per heavy atom. The second-order valence-corrected chi connectivity index (χ2v) is 7.47. The van der Waals surface area contributed by atoms with Crippen molar-refractivity contribution in [1.29, 1.82) is 0 Å². The first kappa shape index (κ1) is 12.2. The summed E-state index contributed by atoms with van der Waals surface area (Å²) in [4.78, 5) is 0.0824. The van der Waals surface area contributed by atoms with E-state index < -0.39 is 19.7 Å². The molecule has 0 spiro atoms. The molecule has 15 heavy (non-hydrogen) atoms. The summed E-state index contributed by atoms with van der Waals surface area (Å²) >= 11 is 0. The fourth-order valence-electron chi connectivity index (χ4n) is 1.21. The zero-order valence-electron chi connectivity index (χ0n) is 8.68. The summed E-state index contributed by atoms with van der Waals surface area (Å²) in [6, 6.07) is 4.09. The molecule has 0 saturated heterocycles. The van der Waals surface area contributed by atoms with E-state index in [2.05, 4.69) is 0 Å². The van der Waals surface area contributed by atoms with Gasteiger partial charge in [-0.05, 0) is 24.6 Å². The molecule has 0 unspecified atom stereocenters. The molecule has 0 aromatic heterocycles. The topological polar surface area (TPSA) is 68.3 Å². The van der Waals surface area contributed by atoms with Crippen LogP contribution in [-0.4, -0.2) is 29.3 Å². The van der Waals surface area contributed by atoms with Crippen LogP contribution in [0.4, 0.5) is 0 Å². The molecule has 0 amide bonds. The predicted octanol–water partition coefficient (Wildman–Crippen LogP) is 0.802. The summed E-state index contributed by atoms with van der Waals surface area (Å²) < 4.78 is 45.1. The van der Waals surface area contributed by atoms with Crippen LogP contribution in [0.25, 0.3) is 0 Å². The molecule has 0 fully saturated rings. The maximum absolute atomic E-state index is 11.3. The van der Waals surface area contributed by atoms with Gasteiger partial charge in [0, 0.05) is 12.5 Å². The molecule has 1 rings (SSSR count). The van der Waals surface area contributed by atoms with Gasteiger partial charge in [-0.25, -0.2) is 16.8 Å². The van der Waals surface area contributed by atoms with Gasteiger partial charge in [0.1, 0.15) is 0 Å². The second-order valence-electron chi connectivity index (χ2n) is 3.47. The van der Waals surface area contributed by atoms with Crippen molar-refractivity contribution < 1.29 is 16.8 Å². The first-order valence-corrected chi connectivity index (χ1v) is 7.91. The standard InChI is InChI=1S/C9H12O4S2/c1-7-4-5-8(14(2,10)11)6-9(7)15(3,12)13/h4-6H,1-3H3. The van der Waals surface area contributed by atoms with Crippen LogP contribution in [0.3, 0.4) is 0 Å². The molecule has 0 bridgehead atoms. The Kier molecular flexibility index (Phi) is 2.93. The molecule has 84 valence electrons. The number of hydrogen-bond acceptors (Lipinski definition) is 4. The molecular weight excluding hydrogens is 236 g/mol. The lowest BCUT2D eigenvalue weighted by Crippen LogP contribution is -2.04. The highest BCUT2D eigenvalue weighted by Gasteiger charge is 2.15. The average molecular weight is 248 g/mol. The summed E-state index contributed by atoms with van der Waals surface area (Å²) in [6.45, 7) is 1.63. The van der Waals surface area contributed by atoms with Crippen LogP contribution in [0, 0.1) is 6.92 Å². The van der Waals surface area contributed by atoms with Crippen LogP contribution in [0.5, 0.6) is 0 Å². The van der Waals surface area contributed by atoms with Crippen molar-refractivity contribution in [2.45, 2.75) is 16.7 Å². The highest BCUT2D eigenvalue weighted by Crippen LogP contribution is 2.19. The van der Waals surface area contributed by atoms with Gasteiger partial charge in [-0.2, -0.15) is 0 Å². The molecule has 0 radical (unpaired) electrons. The van der Waals surface area contributed by atoms with E-state index in [0.717, 1.165) is 12.5 Å². The minimum absolute atomic E-state index is 0.0218. The highest BCUT2D eigenvalue weighted by atomic mass is 32.2. The van der Waals surface area contributed by atoms with E-state index in [1.165, 1.54) is 18.2 Å². The van der Waals surface area contributed by atoms with Gasteiger partial charge in [-0.1, -0.05) is 6.07 Å². The van der Waals surface area contributed by atoms with E-state index in [0.29, 0.717) is 5.56 Å². The van der Waals surface area contributed by atoms with Gasteiger partial charge in [0.2, 0.25) is 0 Å². The molecule has 4 nitrogen and oxygen atoms in total. The first-order chi connectivity index (χ1) is 6.62. The largest absolute Gasteiger partial charge is 0.224 e. The van der Waals surface area contributed by atoms with Crippen LogP contribution in [0.15, 0.2) is 28.0 Å². The lowest BCUT2D eigenvalue weighted by molar-refractivity contribution is 0.599. The molecule has 1 aromatic rings. The summed E-state index contributed by atoms with van der Waals surface area (Å²) in [5, 5.41) is 0. The maximum Gasteiger partial charge on any atom is 0.175 e. The molecule has 0 aliphatic heterocycles. The van der Waals surface area contributed by atoms with Crippen molar-refractivity contribution >= 4 is 19.7 Å². The SMILES string of the molecule is Cc1ccc(S(C)(=O)=O)cc1S(C)(=O)=O. The Morgan fingerprint density at radius 1 is 0.933 bits per heavy atom. The van der Waals surface area contributed by atoms with Gasteiger partial charge < -0.3 is 0 Å². The number of hydrogen-bond donors (Lipinski definition) is 0. The van der Waals surface area contributed by atoms with Crippen LogP contribution in [-0.2, 0) is 19.7 Å². The fraction of sp³-hybridized carbons (Fsp3) is 0.333. The smallest absolute Gasteiger partial charge is 0.175 e. The zero-order valence-corrected chi connectivity index (χ0v) is 10.3. The lowest BCUT2D eigenvalue weighted by atomic mass is 10.2. The van der Waals surface area contributed by atoms with Crippen LogP contribution < -0.4 is 0 Å². The number of rotatable bonds is 2. The van der Waals surface area contributed by atoms with Gasteiger partial charge in [-0.15, -0.1) is 0 Å². The van der Waals surface area contributed by atoms with Gasteiger partial charge in [0.05, 0.1) is 9.79 Å². The van der Waals surface area contributed by atoms with Crippen molar-refractivity contribution in [1.82, 2.24) is 0 Å². The van der Waals surface area contributed by atoms with Crippen LogP contribution in [0.1, 0.15) is 5.56 Å². The molecule has 0 aliphatic carbocycles. The maximum atomic E-state index is 11.3.